The van der Waals surface area contributed by atoms with Crippen molar-refractivity contribution in [1.29, 1.82) is 0 Å². The highest BCUT2D eigenvalue weighted by atomic mass is 16.4. The summed E-state index contributed by atoms with van der Waals surface area (Å²) in [5.41, 5.74) is 0.0706. The van der Waals surface area contributed by atoms with Crippen molar-refractivity contribution in [3.8, 4) is 0 Å². The molecule has 66 valence electrons. The summed E-state index contributed by atoms with van der Waals surface area (Å²) in [5, 5.41) is 11.4. The van der Waals surface area contributed by atoms with Crippen LogP contribution < -0.4 is 5.32 Å². The summed E-state index contributed by atoms with van der Waals surface area (Å²) in [6.45, 7) is 2.63. The van der Waals surface area contributed by atoms with Gasteiger partial charge >= 0.3 is 5.97 Å². The van der Waals surface area contributed by atoms with E-state index in [4.69, 9.17) is 5.11 Å². The number of aryl methyl sites for hydroxylation is 1. The number of rotatable bonds is 3. The van der Waals surface area contributed by atoms with Crippen LogP contribution in [0.2, 0.25) is 0 Å². The van der Waals surface area contributed by atoms with E-state index in [9.17, 15) is 4.79 Å². The second-order valence-corrected chi connectivity index (χ2v) is 2.29. The molecule has 0 aromatic carbocycles. The van der Waals surface area contributed by atoms with E-state index < -0.39 is 5.97 Å². The minimum absolute atomic E-state index is 0.0706. The van der Waals surface area contributed by atoms with E-state index in [0.717, 1.165) is 0 Å². The van der Waals surface area contributed by atoms with Crippen molar-refractivity contribution in [2.45, 2.75) is 13.5 Å². The van der Waals surface area contributed by atoms with Crippen LogP contribution in [0.1, 0.15) is 17.4 Å². The summed E-state index contributed by atoms with van der Waals surface area (Å²) in [6, 6.07) is 0. The summed E-state index contributed by atoms with van der Waals surface area (Å²) in [6.07, 6.45) is 1.51. The first-order chi connectivity index (χ1) is 5.69. The molecule has 12 heavy (non-hydrogen) atoms. The first-order valence-electron chi connectivity index (χ1n) is 3.67. The van der Waals surface area contributed by atoms with Crippen LogP contribution >= 0.6 is 0 Å². The normalized spacial score (nSPS) is 9.83. The Balaban J connectivity index is 3.05. The lowest BCUT2D eigenvalue weighted by Crippen LogP contribution is -2.00. The fourth-order valence-electron chi connectivity index (χ4n) is 0.960. The molecule has 0 unspecified atom stereocenters. The molecule has 0 spiro atoms. The lowest BCUT2D eigenvalue weighted by molar-refractivity contribution is 0.0691. The number of aromatic nitrogens is 2. The van der Waals surface area contributed by atoms with E-state index in [1.54, 1.807) is 11.6 Å². The third kappa shape index (κ3) is 1.39. The first-order valence-corrected chi connectivity index (χ1v) is 3.67. The predicted octanol–water partition coefficient (Wildman–Crippen LogP) is 0.643. The molecule has 1 aromatic rings. The Bertz CT molecular complexity index is 271. The molecule has 0 saturated carbocycles. The Kier molecular flexibility index (Phi) is 2.32. The van der Waals surface area contributed by atoms with Gasteiger partial charge in [-0.15, -0.1) is 0 Å². The minimum Gasteiger partial charge on any atom is -0.476 e. The zero-order valence-electron chi connectivity index (χ0n) is 7.03. The molecule has 5 heteroatoms. The van der Waals surface area contributed by atoms with E-state index in [0.29, 0.717) is 12.5 Å². The Morgan fingerprint density at radius 1 is 1.83 bits per heavy atom. The van der Waals surface area contributed by atoms with E-state index in [1.807, 2.05) is 6.92 Å². The van der Waals surface area contributed by atoms with Crippen LogP contribution in [0.4, 0.5) is 5.95 Å². The van der Waals surface area contributed by atoms with Gasteiger partial charge in [-0.1, -0.05) is 0 Å². The highest BCUT2D eigenvalue weighted by Crippen LogP contribution is 2.07. The Morgan fingerprint density at radius 2 is 2.50 bits per heavy atom. The summed E-state index contributed by atoms with van der Waals surface area (Å²) < 4.78 is 1.74. The van der Waals surface area contributed by atoms with Crippen molar-refractivity contribution >= 4 is 11.9 Å². The lowest BCUT2D eigenvalue weighted by Gasteiger charge is -2.00. The van der Waals surface area contributed by atoms with Crippen LogP contribution in [0.15, 0.2) is 6.20 Å². The van der Waals surface area contributed by atoms with E-state index in [2.05, 4.69) is 10.3 Å². The molecule has 0 radical (unpaired) electrons. The number of hydrogen-bond donors (Lipinski definition) is 2. The topological polar surface area (TPSA) is 67.2 Å². The van der Waals surface area contributed by atoms with Gasteiger partial charge in [-0.3, -0.25) is 0 Å². The number of imidazole rings is 1. The van der Waals surface area contributed by atoms with Gasteiger partial charge in [0.25, 0.3) is 0 Å². The zero-order valence-corrected chi connectivity index (χ0v) is 7.03. The molecule has 0 atom stereocenters. The van der Waals surface area contributed by atoms with Gasteiger partial charge < -0.3 is 15.0 Å². The van der Waals surface area contributed by atoms with E-state index >= 15 is 0 Å². The van der Waals surface area contributed by atoms with Gasteiger partial charge in [0.05, 0.1) is 0 Å². The van der Waals surface area contributed by atoms with E-state index in [1.165, 1.54) is 6.20 Å². The molecule has 0 fully saturated rings. The predicted molar refractivity (Wildman–Crippen MR) is 44.4 cm³/mol. The standard InChI is InChI=1S/C7H11N3O2/c1-3-10-4-5(6(11)12)9-7(10)8-2/h4H,3H2,1-2H3,(H,8,9)(H,11,12). The second kappa shape index (κ2) is 3.25. The fraction of sp³-hybridized carbons (Fsp3) is 0.429. The molecular weight excluding hydrogens is 158 g/mol. The van der Waals surface area contributed by atoms with Crippen molar-refractivity contribution in [3.63, 3.8) is 0 Å². The average Bonchev–Trinajstić information content (AvgIpc) is 2.46. The van der Waals surface area contributed by atoms with Crippen molar-refractivity contribution in [2.75, 3.05) is 12.4 Å². The van der Waals surface area contributed by atoms with Crippen LogP contribution in [-0.4, -0.2) is 27.7 Å². The largest absolute Gasteiger partial charge is 0.476 e. The molecule has 1 aromatic heterocycles. The van der Waals surface area contributed by atoms with Gasteiger partial charge in [-0.05, 0) is 6.92 Å². The minimum atomic E-state index is -1.00. The third-order valence-corrected chi connectivity index (χ3v) is 1.56. The van der Waals surface area contributed by atoms with Crippen LogP contribution in [0.5, 0.6) is 0 Å². The molecule has 1 heterocycles. The van der Waals surface area contributed by atoms with Crippen LogP contribution in [0.3, 0.4) is 0 Å². The summed E-state index contributed by atoms with van der Waals surface area (Å²) in [4.78, 5) is 14.3. The number of nitrogens with one attached hydrogen (secondary N) is 1. The van der Waals surface area contributed by atoms with Gasteiger partial charge in [0, 0.05) is 19.8 Å². The van der Waals surface area contributed by atoms with Crippen LogP contribution in [0, 0.1) is 0 Å². The van der Waals surface area contributed by atoms with Gasteiger partial charge in [-0.2, -0.15) is 0 Å². The maximum Gasteiger partial charge on any atom is 0.356 e. The average molecular weight is 169 g/mol. The number of aromatic carboxylic acids is 1. The molecule has 0 bridgehead atoms. The fourth-order valence-corrected chi connectivity index (χ4v) is 0.960. The summed E-state index contributed by atoms with van der Waals surface area (Å²) in [5.74, 6) is -0.423. The highest BCUT2D eigenvalue weighted by molar-refractivity contribution is 5.85. The molecule has 2 N–H and O–H groups in total. The number of anilines is 1. The molecule has 0 aliphatic carbocycles. The number of carbonyl (C=O) groups is 1. The summed E-state index contributed by atoms with van der Waals surface area (Å²) in [7, 11) is 1.71. The molecule has 5 nitrogen and oxygen atoms in total. The molecule has 0 aliphatic heterocycles. The third-order valence-electron chi connectivity index (χ3n) is 1.56. The molecule has 0 aliphatic rings. The lowest BCUT2D eigenvalue weighted by atomic mass is 10.5. The van der Waals surface area contributed by atoms with Gasteiger partial charge in [0.15, 0.2) is 5.69 Å². The zero-order chi connectivity index (χ0) is 9.14. The Morgan fingerprint density at radius 3 is 2.83 bits per heavy atom. The molecule has 0 saturated heterocycles. The highest BCUT2D eigenvalue weighted by Gasteiger charge is 2.10. The number of carboxylic acid groups (broad SMARTS) is 1. The Labute approximate surface area is 70.0 Å². The maximum absolute atomic E-state index is 10.5. The molecule has 0 amide bonds. The van der Waals surface area contributed by atoms with Crippen molar-refractivity contribution in [1.82, 2.24) is 9.55 Å². The molecule has 1 rings (SSSR count). The SMILES string of the molecule is CCn1cc(C(=O)O)nc1NC. The van der Waals surface area contributed by atoms with Gasteiger partial charge in [0.2, 0.25) is 5.95 Å². The van der Waals surface area contributed by atoms with Gasteiger partial charge in [0.1, 0.15) is 0 Å². The quantitative estimate of drug-likeness (QED) is 0.696. The van der Waals surface area contributed by atoms with Crippen molar-refractivity contribution in [3.05, 3.63) is 11.9 Å². The second-order valence-electron chi connectivity index (χ2n) is 2.29. The monoisotopic (exact) mass is 169 g/mol. The van der Waals surface area contributed by atoms with E-state index in [-0.39, 0.29) is 5.69 Å². The number of nitrogens with zero attached hydrogens (tertiary/aromatic N) is 2. The maximum atomic E-state index is 10.5. The summed E-state index contributed by atoms with van der Waals surface area (Å²) >= 11 is 0. The van der Waals surface area contributed by atoms with Gasteiger partial charge in [-0.25, -0.2) is 9.78 Å². The van der Waals surface area contributed by atoms with Crippen molar-refractivity contribution in [2.24, 2.45) is 0 Å². The molecular formula is C7H11N3O2. The smallest absolute Gasteiger partial charge is 0.356 e. The number of hydrogen-bond acceptors (Lipinski definition) is 3. The number of carboxylic acids is 1. The van der Waals surface area contributed by atoms with Crippen LogP contribution in [0.25, 0.3) is 0 Å². The Hall–Kier alpha value is -1.52. The van der Waals surface area contributed by atoms with Crippen molar-refractivity contribution < 1.29 is 9.90 Å². The first kappa shape index (κ1) is 8.58. The van der Waals surface area contributed by atoms with Crippen LogP contribution in [-0.2, 0) is 6.54 Å².